The van der Waals surface area contributed by atoms with E-state index in [1.165, 1.54) is 19.2 Å². The third kappa shape index (κ3) is 3.19. The first kappa shape index (κ1) is 14.0. The van der Waals surface area contributed by atoms with E-state index in [9.17, 15) is 14.9 Å². The first-order valence-corrected chi connectivity index (χ1v) is 5.44. The molecule has 0 atom stereocenters. The largest absolute Gasteiger partial charge is 0.493 e. The van der Waals surface area contributed by atoms with E-state index < -0.39 is 4.92 Å². The molecule has 1 aromatic carbocycles. The molecule has 1 rings (SSSR count). The van der Waals surface area contributed by atoms with Gasteiger partial charge in [0.1, 0.15) is 6.29 Å². The lowest BCUT2D eigenvalue weighted by Crippen LogP contribution is -2.08. The summed E-state index contributed by atoms with van der Waals surface area (Å²) in [5.74, 6) is 0.466. The number of nitro benzene ring substituents is 1. The van der Waals surface area contributed by atoms with Gasteiger partial charge in [0.15, 0.2) is 5.75 Å². The average Bonchev–Trinajstić information content (AvgIpc) is 2.34. The molecule has 6 heteroatoms. The number of benzene rings is 1. The average molecular weight is 253 g/mol. The van der Waals surface area contributed by atoms with Crippen LogP contribution in [0.25, 0.3) is 0 Å². The van der Waals surface area contributed by atoms with E-state index in [1.807, 2.05) is 13.8 Å². The number of rotatable bonds is 6. The van der Waals surface area contributed by atoms with Crippen molar-refractivity contribution in [1.29, 1.82) is 0 Å². The zero-order chi connectivity index (χ0) is 13.7. The van der Waals surface area contributed by atoms with Crippen LogP contribution in [-0.2, 0) is 0 Å². The second kappa shape index (κ2) is 6.00. The molecular weight excluding hydrogens is 238 g/mol. The third-order valence-corrected chi connectivity index (χ3v) is 2.17. The molecule has 98 valence electrons. The molecule has 0 spiro atoms. The SMILES string of the molecule is COc1cc(C=O)cc([N+](=O)[O-])c1OCC(C)C. The lowest BCUT2D eigenvalue weighted by Gasteiger charge is -2.12. The van der Waals surface area contributed by atoms with Crippen molar-refractivity contribution in [1.82, 2.24) is 0 Å². The van der Waals surface area contributed by atoms with Crippen LogP contribution in [0.1, 0.15) is 24.2 Å². The summed E-state index contributed by atoms with van der Waals surface area (Å²) in [6.45, 7) is 4.19. The molecule has 18 heavy (non-hydrogen) atoms. The molecule has 0 radical (unpaired) electrons. The van der Waals surface area contributed by atoms with Gasteiger partial charge >= 0.3 is 5.69 Å². The van der Waals surface area contributed by atoms with Crippen molar-refractivity contribution in [3.63, 3.8) is 0 Å². The number of hydrogen-bond acceptors (Lipinski definition) is 5. The second-order valence-electron chi connectivity index (χ2n) is 4.15. The van der Waals surface area contributed by atoms with Crippen molar-refractivity contribution in [3.8, 4) is 11.5 Å². The molecule has 1 aromatic rings. The predicted octanol–water partition coefficient (Wildman–Crippen LogP) is 2.45. The monoisotopic (exact) mass is 253 g/mol. The van der Waals surface area contributed by atoms with Gasteiger partial charge in [-0.1, -0.05) is 13.8 Å². The van der Waals surface area contributed by atoms with Crippen LogP contribution < -0.4 is 9.47 Å². The van der Waals surface area contributed by atoms with E-state index in [2.05, 4.69) is 0 Å². The van der Waals surface area contributed by atoms with Gasteiger partial charge in [0.25, 0.3) is 0 Å². The van der Waals surface area contributed by atoms with Crippen LogP contribution in [-0.4, -0.2) is 24.9 Å². The number of aldehydes is 1. The van der Waals surface area contributed by atoms with Crippen LogP contribution in [0, 0.1) is 16.0 Å². The summed E-state index contributed by atoms with van der Waals surface area (Å²) >= 11 is 0. The minimum atomic E-state index is -0.592. The fourth-order valence-electron chi connectivity index (χ4n) is 1.36. The highest BCUT2D eigenvalue weighted by Crippen LogP contribution is 2.38. The van der Waals surface area contributed by atoms with Crippen molar-refractivity contribution < 1.29 is 19.2 Å². The smallest absolute Gasteiger partial charge is 0.315 e. The predicted molar refractivity (Wildman–Crippen MR) is 65.4 cm³/mol. The Kier molecular flexibility index (Phi) is 4.65. The van der Waals surface area contributed by atoms with Crippen molar-refractivity contribution >= 4 is 12.0 Å². The summed E-state index contributed by atoms with van der Waals surface area (Å²) in [5, 5.41) is 11.0. The highest BCUT2D eigenvalue weighted by Gasteiger charge is 2.22. The minimum absolute atomic E-state index is 0.0572. The maximum Gasteiger partial charge on any atom is 0.315 e. The molecule has 0 heterocycles. The number of carbonyl (C=O) groups is 1. The van der Waals surface area contributed by atoms with Crippen molar-refractivity contribution in [2.45, 2.75) is 13.8 Å². The van der Waals surface area contributed by atoms with Crippen LogP contribution in [0.3, 0.4) is 0 Å². The van der Waals surface area contributed by atoms with E-state index in [-0.39, 0.29) is 28.7 Å². The van der Waals surface area contributed by atoms with E-state index in [1.54, 1.807) is 0 Å². The number of nitro groups is 1. The molecule has 6 nitrogen and oxygen atoms in total. The first-order valence-electron chi connectivity index (χ1n) is 5.44. The van der Waals surface area contributed by atoms with E-state index in [4.69, 9.17) is 9.47 Å². The van der Waals surface area contributed by atoms with E-state index >= 15 is 0 Å². The molecule has 0 N–H and O–H groups in total. The molecule has 0 aliphatic heterocycles. The Hall–Kier alpha value is -2.11. The van der Waals surface area contributed by atoms with Crippen molar-refractivity contribution in [2.75, 3.05) is 13.7 Å². The molecule has 0 saturated carbocycles. The third-order valence-electron chi connectivity index (χ3n) is 2.17. The lowest BCUT2D eigenvalue weighted by molar-refractivity contribution is -0.386. The summed E-state index contributed by atoms with van der Waals surface area (Å²) in [5.41, 5.74) is -0.0902. The summed E-state index contributed by atoms with van der Waals surface area (Å²) in [6, 6.07) is 2.58. The molecule has 0 amide bonds. The Morgan fingerprint density at radius 1 is 1.44 bits per heavy atom. The van der Waals surface area contributed by atoms with E-state index in [0.29, 0.717) is 12.9 Å². The molecule has 0 unspecified atom stereocenters. The van der Waals surface area contributed by atoms with Gasteiger partial charge in [-0.3, -0.25) is 14.9 Å². The standard InChI is InChI=1S/C12H15NO5/c1-8(2)7-18-12-10(13(15)16)4-9(6-14)5-11(12)17-3/h4-6,8H,7H2,1-3H3. The van der Waals surface area contributed by atoms with Crippen LogP contribution in [0.2, 0.25) is 0 Å². The van der Waals surface area contributed by atoms with Crippen LogP contribution in [0.4, 0.5) is 5.69 Å². The number of carbonyl (C=O) groups excluding carboxylic acids is 1. The Morgan fingerprint density at radius 3 is 2.56 bits per heavy atom. The molecule has 0 aliphatic rings. The highest BCUT2D eigenvalue weighted by atomic mass is 16.6. The van der Waals surface area contributed by atoms with Gasteiger partial charge in [-0.05, 0) is 12.0 Å². The number of hydrogen-bond donors (Lipinski definition) is 0. The van der Waals surface area contributed by atoms with Crippen LogP contribution >= 0.6 is 0 Å². The molecule has 0 aromatic heterocycles. The Morgan fingerprint density at radius 2 is 2.11 bits per heavy atom. The van der Waals surface area contributed by atoms with Gasteiger partial charge in [-0.2, -0.15) is 0 Å². The van der Waals surface area contributed by atoms with Gasteiger partial charge in [0, 0.05) is 11.6 Å². The zero-order valence-corrected chi connectivity index (χ0v) is 10.5. The van der Waals surface area contributed by atoms with Gasteiger partial charge in [0.05, 0.1) is 18.6 Å². The van der Waals surface area contributed by atoms with Gasteiger partial charge in [-0.15, -0.1) is 0 Å². The normalized spacial score (nSPS) is 10.2. The number of methoxy groups -OCH3 is 1. The Bertz CT molecular complexity index is 456. The summed E-state index contributed by atoms with van der Waals surface area (Å²) < 4.78 is 10.4. The Labute approximate surface area is 105 Å². The summed E-state index contributed by atoms with van der Waals surface area (Å²) in [6.07, 6.45) is 0.530. The van der Waals surface area contributed by atoms with Crippen molar-refractivity contribution in [3.05, 3.63) is 27.8 Å². The quantitative estimate of drug-likeness (QED) is 0.442. The van der Waals surface area contributed by atoms with Gasteiger partial charge in [-0.25, -0.2) is 0 Å². The minimum Gasteiger partial charge on any atom is -0.493 e. The molecule has 0 fully saturated rings. The number of nitrogens with zero attached hydrogens (tertiary/aromatic N) is 1. The molecular formula is C12H15NO5. The van der Waals surface area contributed by atoms with Crippen molar-refractivity contribution in [2.24, 2.45) is 5.92 Å². The highest BCUT2D eigenvalue weighted by molar-refractivity contribution is 5.79. The molecule has 0 saturated heterocycles. The second-order valence-corrected chi connectivity index (χ2v) is 4.15. The van der Waals surface area contributed by atoms with Crippen LogP contribution in [0.5, 0.6) is 11.5 Å². The maximum atomic E-state index is 11.0. The summed E-state index contributed by atoms with van der Waals surface area (Å²) in [4.78, 5) is 21.1. The fourth-order valence-corrected chi connectivity index (χ4v) is 1.36. The van der Waals surface area contributed by atoms with E-state index in [0.717, 1.165) is 0 Å². The fraction of sp³-hybridized carbons (Fsp3) is 0.417. The molecule has 0 aliphatic carbocycles. The Balaban J connectivity index is 3.25. The summed E-state index contributed by atoms with van der Waals surface area (Å²) in [7, 11) is 1.37. The topological polar surface area (TPSA) is 78.7 Å². The number of ether oxygens (including phenoxy) is 2. The van der Waals surface area contributed by atoms with Crippen LogP contribution in [0.15, 0.2) is 12.1 Å². The lowest BCUT2D eigenvalue weighted by atomic mass is 10.2. The molecule has 0 bridgehead atoms. The van der Waals surface area contributed by atoms with Gasteiger partial charge in [0.2, 0.25) is 5.75 Å². The zero-order valence-electron chi connectivity index (χ0n) is 10.5. The first-order chi connectivity index (χ1) is 8.49. The van der Waals surface area contributed by atoms with Gasteiger partial charge < -0.3 is 9.47 Å². The maximum absolute atomic E-state index is 11.0.